The summed E-state index contributed by atoms with van der Waals surface area (Å²) in [6.45, 7) is 1.98. The normalized spacial score (nSPS) is 10.0. The van der Waals surface area contributed by atoms with E-state index in [1.54, 1.807) is 0 Å². The van der Waals surface area contributed by atoms with Gasteiger partial charge < -0.3 is 4.98 Å². The van der Waals surface area contributed by atoms with E-state index in [-0.39, 0.29) is 20.1 Å². The molecule has 2 heterocycles. The number of pyridine rings is 1. The zero-order valence-electron chi connectivity index (χ0n) is 20.9. The third kappa shape index (κ3) is 6.95. The van der Waals surface area contributed by atoms with Gasteiger partial charge in [-0.05, 0) is 34.9 Å². The fourth-order valence-corrected chi connectivity index (χ4v) is 3.84. The van der Waals surface area contributed by atoms with Gasteiger partial charge in [-0.3, -0.25) is 9.97 Å². The summed E-state index contributed by atoms with van der Waals surface area (Å²) in [7, 11) is 0. The van der Waals surface area contributed by atoms with Crippen LogP contribution < -0.4 is 0 Å². The first-order chi connectivity index (χ1) is 18.3. The Labute approximate surface area is 237 Å². The Balaban J connectivity index is 0.000000173. The first kappa shape index (κ1) is 26.8. The fourth-order valence-electron chi connectivity index (χ4n) is 3.84. The van der Waals surface area contributed by atoms with Crippen LogP contribution in [-0.2, 0) is 20.1 Å². The molecule has 0 N–H and O–H groups in total. The van der Waals surface area contributed by atoms with Crippen LogP contribution in [0.3, 0.4) is 0 Å². The smallest absolute Gasteiger partial charge is 0.0748 e. The number of rotatable bonds is 4. The van der Waals surface area contributed by atoms with Crippen molar-refractivity contribution >= 4 is 0 Å². The number of hydrogen-bond donors (Lipinski definition) is 0. The Morgan fingerprint density at radius 2 is 1.13 bits per heavy atom. The van der Waals surface area contributed by atoms with Crippen LogP contribution in [0.15, 0.2) is 134 Å². The van der Waals surface area contributed by atoms with E-state index in [1.165, 1.54) is 11.1 Å². The van der Waals surface area contributed by atoms with Crippen LogP contribution in [0.5, 0.6) is 0 Å². The van der Waals surface area contributed by atoms with Crippen molar-refractivity contribution in [3.05, 3.63) is 152 Å². The zero-order valence-corrected chi connectivity index (χ0v) is 23.3. The molecule has 3 nitrogen and oxygen atoms in total. The summed E-state index contributed by atoms with van der Waals surface area (Å²) in [5.41, 5.74) is 8.61. The number of nitrogens with zero attached hydrogens (tertiary/aromatic N) is 3. The summed E-state index contributed by atoms with van der Waals surface area (Å²) >= 11 is 0. The van der Waals surface area contributed by atoms with Crippen molar-refractivity contribution in [3.8, 4) is 44.9 Å². The quantitative estimate of drug-likeness (QED) is 0.178. The molecule has 0 aliphatic carbocycles. The Kier molecular flexibility index (Phi) is 9.42. The summed E-state index contributed by atoms with van der Waals surface area (Å²) in [4.78, 5) is 13.2. The van der Waals surface area contributed by atoms with E-state index >= 15 is 0 Å². The van der Waals surface area contributed by atoms with Crippen molar-refractivity contribution in [2.75, 3.05) is 0 Å². The Bertz CT molecular complexity index is 1480. The van der Waals surface area contributed by atoms with E-state index in [0.29, 0.717) is 5.82 Å². The molecule has 1 radical (unpaired) electrons. The van der Waals surface area contributed by atoms with E-state index in [9.17, 15) is 0 Å². The molecule has 2 aromatic heterocycles. The third-order valence-corrected chi connectivity index (χ3v) is 5.79. The minimum Gasteiger partial charge on any atom is -0.304 e. The van der Waals surface area contributed by atoms with Crippen molar-refractivity contribution in [3.63, 3.8) is 0 Å². The molecule has 0 bridgehead atoms. The second-order valence-electron chi connectivity index (χ2n) is 8.52. The molecule has 0 aliphatic heterocycles. The van der Waals surface area contributed by atoms with Crippen LogP contribution in [0.1, 0.15) is 5.56 Å². The molecule has 187 valence electrons. The van der Waals surface area contributed by atoms with E-state index in [4.69, 9.17) is 0 Å². The van der Waals surface area contributed by atoms with Gasteiger partial charge in [0.25, 0.3) is 0 Å². The zero-order chi connectivity index (χ0) is 25.3. The first-order valence-corrected chi connectivity index (χ1v) is 12.1. The summed E-state index contributed by atoms with van der Waals surface area (Å²) in [6, 6.07) is 45.0. The molecule has 0 saturated carbocycles. The summed E-state index contributed by atoms with van der Waals surface area (Å²) < 4.78 is 0. The van der Waals surface area contributed by atoms with Crippen molar-refractivity contribution in [1.29, 1.82) is 0 Å². The van der Waals surface area contributed by atoms with Crippen molar-refractivity contribution in [2.24, 2.45) is 0 Å². The number of aromatic nitrogens is 3. The first-order valence-electron chi connectivity index (χ1n) is 12.1. The molecule has 0 spiro atoms. The van der Waals surface area contributed by atoms with Gasteiger partial charge in [0.15, 0.2) is 0 Å². The van der Waals surface area contributed by atoms with E-state index < -0.39 is 0 Å². The van der Waals surface area contributed by atoms with Crippen LogP contribution >= 0.6 is 0 Å². The molecule has 6 aromatic rings. The van der Waals surface area contributed by atoms with E-state index in [0.717, 1.165) is 33.5 Å². The van der Waals surface area contributed by atoms with Crippen molar-refractivity contribution in [1.82, 2.24) is 15.0 Å². The standard InChI is InChI=1S/C17H13N2.C17H12N.Ir/c1-13-11-18-17(19-12-13)16-9-5-8-15(10-16)14-6-3-2-4-7-14;1-3-7-14(8-4-1)16-11-12-17(18-13-16)15-9-5-2-6-10-15;/h2-8,10-12H,1H3;1-9,11-13H;/q2*-1;. The van der Waals surface area contributed by atoms with Gasteiger partial charge in [-0.1, -0.05) is 72.8 Å². The Morgan fingerprint density at radius 1 is 0.500 bits per heavy atom. The van der Waals surface area contributed by atoms with E-state index in [1.807, 2.05) is 104 Å². The largest absolute Gasteiger partial charge is 0.304 e. The SMILES string of the molecule is Cc1cnc(-c2[c-]ccc(-c3ccccc3)c2)nc1.[Ir].[c-]1ccccc1-c1ccc(-c2ccccc2)cn1. The molecule has 0 saturated heterocycles. The molecule has 0 amide bonds. The van der Waals surface area contributed by atoms with Crippen LogP contribution in [0.25, 0.3) is 44.9 Å². The topological polar surface area (TPSA) is 38.7 Å². The molecule has 0 atom stereocenters. The van der Waals surface area contributed by atoms with Gasteiger partial charge in [-0.25, -0.2) is 0 Å². The maximum atomic E-state index is 4.49. The molecule has 4 heteroatoms. The van der Waals surface area contributed by atoms with Crippen LogP contribution in [-0.4, -0.2) is 15.0 Å². The maximum absolute atomic E-state index is 4.49. The van der Waals surface area contributed by atoms with Gasteiger partial charge in [-0.2, -0.15) is 0 Å². The molecule has 0 aliphatic rings. The van der Waals surface area contributed by atoms with Crippen LogP contribution in [0, 0.1) is 19.1 Å². The molecule has 38 heavy (non-hydrogen) atoms. The minimum absolute atomic E-state index is 0. The monoisotopic (exact) mass is 668 g/mol. The number of aryl methyl sites for hydroxylation is 1. The Hall–Kier alpha value is -4.24. The fraction of sp³-hybridized carbons (Fsp3) is 0.0294. The molecular weight excluding hydrogens is 643 g/mol. The Morgan fingerprint density at radius 3 is 1.74 bits per heavy atom. The predicted octanol–water partition coefficient (Wildman–Crippen LogP) is 8.13. The van der Waals surface area contributed by atoms with Gasteiger partial charge in [0.2, 0.25) is 0 Å². The predicted molar refractivity (Wildman–Crippen MR) is 150 cm³/mol. The number of benzene rings is 4. The average Bonchev–Trinajstić information content (AvgIpc) is 2.99. The van der Waals surface area contributed by atoms with Gasteiger partial charge in [0, 0.05) is 38.7 Å². The summed E-state index contributed by atoms with van der Waals surface area (Å²) in [5, 5.41) is 0. The van der Waals surface area contributed by atoms with Gasteiger partial charge in [0.1, 0.15) is 0 Å². The average molecular weight is 668 g/mol. The third-order valence-electron chi connectivity index (χ3n) is 5.79. The van der Waals surface area contributed by atoms with Gasteiger partial charge >= 0.3 is 0 Å². The molecule has 6 rings (SSSR count). The number of hydrogen-bond acceptors (Lipinski definition) is 3. The van der Waals surface area contributed by atoms with Crippen LogP contribution in [0.4, 0.5) is 0 Å². The molecule has 0 fully saturated rings. The molecule has 4 aromatic carbocycles. The van der Waals surface area contributed by atoms with Crippen LogP contribution in [0.2, 0.25) is 0 Å². The van der Waals surface area contributed by atoms with Gasteiger partial charge in [-0.15, -0.1) is 71.3 Å². The molecular formula is C34H25IrN3-2. The van der Waals surface area contributed by atoms with E-state index in [2.05, 4.69) is 63.5 Å². The van der Waals surface area contributed by atoms with Gasteiger partial charge in [0.05, 0.1) is 5.82 Å². The maximum Gasteiger partial charge on any atom is 0.0748 e. The van der Waals surface area contributed by atoms with Crippen molar-refractivity contribution in [2.45, 2.75) is 6.92 Å². The molecule has 0 unspecified atom stereocenters. The second kappa shape index (κ2) is 13.3. The summed E-state index contributed by atoms with van der Waals surface area (Å²) in [5.74, 6) is 0.711. The minimum atomic E-state index is 0. The summed E-state index contributed by atoms with van der Waals surface area (Å²) in [6.07, 6.45) is 5.56. The van der Waals surface area contributed by atoms with Crippen molar-refractivity contribution < 1.29 is 20.1 Å². The second-order valence-corrected chi connectivity index (χ2v) is 8.52.